The van der Waals surface area contributed by atoms with Gasteiger partial charge in [-0.25, -0.2) is 0 Å². The number of rotatable bonds is 7. The second-order valence-electron chi connectivity index (χ2n) is 6.98. The lowest BCUT2D eigenvalue weighted by atomic mass is 10.0. The first-order valence-corrected chi connectivity index (χ1v) is 8.91. The fourth-order valence-electron chi connectivity index (χ4n) is 3.21. The number of nitrogens with one attached hydrogen (secondary N) is 1. The van der Waals surface area contributed by atoms with Crippen LogP contribution < -0.4 is 16.3 Å². The van der Waals surface area contributed by atoms with Gasteiger partial charge in [-0.3, -0.25) is 5.41 Å². The molecule has 0 atom stereocenters. The smallest absolute Gasteiger partial charge is 0.259 e. The van der Waals surface area contributed by atoms with Crippen LogP contribution in [-0.2, 0) is 6.42 Å². The Balaban J connectivity index is 2.12. The van der Waals surface area contributed by atoms with E-state index < -0.39 is 0 Å². The first-order chi connectivity index (χ1) is 11.0. The average Bonchev–Trinajstić information content (AvgIpc) is 2.54. The van der Waals surface area contributed by atoms with Crippen molar-refractivity contribution in [2.75, 3.05) is 23.7 Å². The van der Waals surface area contributed by atoms with Crippen LogP contribution in [-0.4, -0.2) is 28.0 Å². The van der Waals surface area contributed by atoms with E-state index in [1.54, 1.807) is 0 Å². The first kappa shape index (κ1) is 17.6. The van der Waals surface area contributed by atoms with Gasteiger partial charge < -0.3 is 15.8 Å². The van der Waals surface area contributed by atoms with Crippen molar-refractivity contribution < 1.29 is 5.21 Å². The Labute approximate surface area is 138 Å². The summed E-state index contributed by atoms with van der Waals surface area (Å²) in [6.07, 6.45) is 9.02. The fourth-order valence-corrected chi connectivity index (χ4v) is 3.21. The fraction of sp³-hybridized carbons (Fsp3) is 0.765. The third kappa shape index (κ3) is 4.62. The van der Waals surface area contributed by atoms with E-state index in [0.29, 0.717) is 4.73 Å². The van der Waals surface area contributed by atoms with E-state index in [0.717, 1.165) is 62.5 Å². The highest BCUT2D eigenvalue weighted by Crippen LogP contribution is 2.26. The van der Waals surface area contributed by atoms with Crippen LogP contribution in [0, 0.1) is 11.3 Å². The van der Waals surface area contributed by atoms with Gasteiger partial charge in [0.2, 0.25) is 0 Å². The van der Waals surface area contributed by atoms with Crippen molar-refractivity contribution in [3.05, 3.63) is 11.2 Å². The Morgan fingerprint density at radius 1 is 1.17 bits per heavy atom. The van der Waals surface area contributed by atoms with E-state index in [9.17, 15) is 5.21 Å². The summed E-state index contributed by atoms with van der Waals surface area (Å²) in [4.78, 5) is 6.53. The molecule has 0 unspecified atom stereocenters. The topological polar surface area (TPSA) is 91.2 Å². The Hall–Kier alpha value is -1.72. The maximum atomic E-state index is 9.91. The minimum absolute atomic E-state index is 0.188. The molecule has 23 heavy (non-hydrogen) atoms. The van der Waals surface area contributed by atoms with Crippen LogP contribution in [0.1, 0.15) is 64.4 Å². The van der Waals surface area contributed by atoms with Gasteiger partial charge in [0.05, 0.1) is 0 Å². The summed E-state index contributed by atoms with van der Waals surface area (Å²) < 4.78 is 0.705. The molecule has 1 aromatic heterocycles. The van der Waals surface area contributed by atoms with E-state index in [2.05, 4.69) is 23.7 Å². The predicted octanol–water partition coefficient (Wildman–Crippen LogP) is 2.93. The lowest BCUT2D eigenvalue weighted by Crippen LogP contribution is -2.35. The Kier molecular flexibility index (Phi) is 6.30. The number of nitrogen functional groups attached to an aromatic ring is 1. The molecule has 4 N–H and O–H groups in total. The minimum atomic E-state index is -0.188. The summed E-state index contributed by atoms with van der Waals surface area (Å²) in [5.74, 6) is 1.82. The Morgan fingerprint density at radius 2 is 1.87 bits per heavy atom. The Morgan fingerprint density at radius 3 is 2.52 bits per heavy atom. The van der Waals surface area contributed by atoms with Gasteiger partial charge in [0.15, 0.2) is 5.82 Å². The summed E-state index contributed by atoms with van der Waals surface area (Å²) in [5.41, 5.74) is 6.79. The summed E-state index contributed by atoms with van der Waals surface area (Å²) >= 11 is 0. The van der Waals surface area contributed by atoms with Crippen LogP contribution in [0.15, 0.2) is 0 Å². The van der Waals surface area contributed by atoms with Gasteiger partial charge in [-0.2, -0.15) is 4.98 Å². The number of anilines is 2. The third-order valence-corrected chi connectivity index (χ3v) is 4.58. The molecule has 130 valence electrons. The number of unbranched alkanes of at least 4 members (excludes halogenated alkanes) is 2. The molecule has 0 saturated carbocycles. The minimum Gasteiger partial charge on any atom is -0.423 e. The molecule has 1 aromatic rings. The molecule has 1 fully saturated rings. The molecular formula is C17H31N5O. The van der Waals surface area contributed by atoms with E-state index in [-0.39, 0.29) is 11.4 Å². The van der Waals surface area contributed by atoms with Gasteiger partial charge in [-0.1, -0.05) is 33.1 Å². The number of hydrogen-bond donors (Lipinski definition) is 3. The number of aromatic nitrogens is 2. The van der Waals surface area contributed by atoms with Gasteiger partial charge in [0.25, 0.3) is 5.62 Å². The van der Waals surface area contributed by atoms with Crippen LogP contribution in [0.3, 0.4) is 0 Å². The van der Waals surface area contributed by atoms with Gasteiger partial charge in [-0.15, -0.1) is 4.73 Å². The SMILES string of the molecule is CC(C)CCCCCc1c(N2CCCCC2)nc(=N)n(O)c1N. The summed E-state index contributed by atoms with van der Waals surface area (Å²) in [6.45, 7) is 6.42. The molecule has 0 spiro atoms. The largest absolute Gasteiger partial charge is 0.423 e. The van der Waals surface area contributed by atoms with Gasteiger partial charge in [-0.05, 0) is 38.0 Å². The normalized spacial score (nSPS) is 15.3. The van der Waals surface area contributed by atoms with Gasteiger partial charge in [0, 0.05) is 18.7 Å². The van der Waals surface area contributed by atoms with Crippen molar-refractivity contribution in [2.45, 2.75) is 65.2 Å². The number of nitrogens with two attached hydrogens (primary N) is 1. The quantitative estimate of drug-likeness (QED) is 0.532. The van der Waals surface area contributed by atoms with Crippen LogP contribution >= 0.6 is 0 Å². The van der Waals surface area contributed by atoms with E-state index >= 15 is 0 Å². The van der Waals surface area contributed by atoms with Crippen molar-refractivity contribution in [3.8, 4) is 0 Å². The molecular weight excluding hydrogens is 290 g/mol. The molecule has 0 amide bonds. The summed E-state index contributed by atoms with van der Waals surface area (Å²) in [7, 11) is 0. The first-order valence-electron chi connectivity index (χ1n) is 8.91. The molecule has 0 aromatic carbocycles. The predicted molar refractivity (Wildman–Crippen MR) is 92.8 cm³/mol. The van der Waals surface area contributed by atoms with Gasteiger partial charge >= 0.3 is 0 Å². The number of hydrogen-bond acceptors (Lipinski definition) is 5. The third-order valence-electron chi connectivity index (χ3n) is 4.58. The van der Waals surface area contributed by atoms with Crippen molar-refractivity contribution in [1.29, 1.82) is 5.41 Å². The van der Waals surface area contributed by atoms with Crippen molar-refractivity contribution in [2.24, 2.45) is 5.92 Å². The van der Waals surface area contributed by atoms with Crippen LogP contribution in [0.5, 0.6) is 0 Å². The standard InChI is InChI=1S/C17H31N5O/c1-13(2)9-5-3-6-10-14-15(18)22(23)17(19)20-16(14)21-11-7-4-8-12-21/h13,19,23H,3-12,18H2,1-2H3. The second-order valence-corrected chi connectivity index (χ2v) is 6.98. The number of nitrogens with zero attached hydrogens (tertiary/aromatic N) is 3. The van der Waals surface area contributed by atoms with Crippen LogP contribution in [0.4, 0.5) is 11.6 Å². The molecule has 6 heteroatoms. The molecule has 2 heterocycles. The van der Waals surface area contributed by atoms with Crippen molar-refractivity contribution in [1.82, 2.24) is 9.71 Å². The Bertz CT molecular complexity index is 561. The summed E-state index contributed by atoms with van der Waals surface area (Å²) in [6, 6.07) is 0. The molecule has 0 radical (unpaired) electrons. The lowest BCUT2D eigenvalue weighted by Gasteiger charge is -2.30. The average molecular weight is 321 g/mol. The molecule has 6 nitrogen and oxygen atoms in total. The van der Waals surface area contributed by atoms with Gasteiger partial charge in [0.1, 0.15) is 5.82 Å². The van der Waals surface area contributed by atoms with Crippen LogP contribution in [0.2, 0.25) is 0 Å². The highest BCUT2D eigenvalue weighted by molar-refractivity contribution is 5.57. The zero-order chi connectivity index (χ0) is 16.8. The monoisotopic (exact) mass is 321 g/mol. The molecule has 1 aliphatic rings. The molecule has 1 saturated heterocycles. The molecule has 0 aliphatic carbocycles. The molecule has 1 aliphatic heterocycles. The van der Waals surface area contributed by atoms with E-state index in [4.69, 9.17) is 11.1 Å². The van der Waals surface area contributed by atoms with Crippen LogP contribution in [0.25, 0.3) is 0 Å². The maximum absolute atomic E-state index is 9.91. The van der Waals surface area contributed by atoms with E-state index in [1.165, 1.54) is 19.3 Å². The molecule has 0 bridgehead atoms. The van der Waals surface area contributed by atoms with Crippen molar-refractivity contribution in [3.63, 3.8) is 0 Å². The summed E-state index contributed by atoms with van der Waals surface area (Å²) in [5, 5.41) is 17.7. The number of piperidine rings is 1. The molecule has 2 rings (SSSR count). The highest BCUT2D eigenvalue weighted by Gasteiger charge is 2.20. The maximum Gasteiger partial charge on any atom is 0.259 e. The highest BCUT2D eigenvalue weighted by atomic mass is 16.5. The van der Waals surface area contributed by atoms with Crippen molar-refractivity contribution >= 4 is 11.6 Å². The lowest BCUT2D eigenvalue weighted by molar-refractivity contribution is 0.171. The zero-order valence-corrected chi connectivity index (χ0v) is 14.5. The van der Waals surface area contributed by atoms with E-state index in [1.807, 2.05) is 0 Å². The second kappa shape index (κ2) is 8.22. The zero-order valence-electron chi connectivity index (χ0n) is 14.5.